The van der Waals surface area contributed by atoms with Gasteiger partial charge >= 0.3 is 0 Å². The van der Waals surface area contributed by atoms with Crippen molar-refractivity contribution in [2.24, 2.45) is 5.92 Å². The number of hydrogen-bond acceptors (Lipinski definition) is 5. The van der Waals surface area contributed by atoms with E-state index < -0.39 is 0 Å². The second kappa shape index (κ2) is 8.72. The number of allylic oxidation sites excluding steroid dienone is 1. The molecule has 27 heavy (non-hydrogen) atoms. The third-order valence-electron chi connectivity index (χ3n) is 4.54. The number of methoxy groups -OCH3 is 1. The molecule has 0 saturated carbocycles. The molecule has 0 unspecified atom stereocenters. The summed E-state index contributed by atoms with van der Waals surface area (Å²) < 4.78 is 13.3. The van der Waals surface area contributed by atoms with E-state index in [4.69, 9.17) is 9.47 Å². The van der Waals surface area contributed by atoms with Crippen LogP contribution in [0.4, 0.5) is 0 Å². The van der Waals surface area contributed by atoms with Gasteiger partial charge in [0.05, 0.1) is 19.3 Å². The lowest BCUT2D eigenvalue weighted by Crippen LogP contribution is -2.06. The summed E-state index contributed by atoms with van der Waals surface area (Å²) in [6.07, 6.45) is 6.15. The highest BCUT2D eigenvalue weighted by Gasteiger charge is 2.18. The number of aromatic nitrogens is 3. The van der Waals surface area contributed by atoms with Crippen molar-refractivity contribution < 1.29 is 9.47 Å². The molecule has 6 heteroatoms. The predicted molar refractivity (Wildman–Crippen MR) is 104 cm³/mol. The highest BCUT2D eigenvalue weighted by atomic mass is 16.5. The second-order valence-corrected chi connectivity index (χ2v) is 7.19. The van der Waals surface area contributed by atoms with Crippen molar-refractivity contribution in [3.05, 3.63) is 35.4 Å². The second-order valence-electron chi connectivity index (χ2n) is 7.19. The molecular weight excluding hydrogens is 340 g/mol. The van der Waals surface area contributed by atoms with E-state index in [-0.39, 0.29) is 0 Å². The Labute approximate surface area is 160 Å². The van der Waals surface area contributed by atoms with Gasteiger partial charge in [0.1, 0.15) is 11.9 Å². The molecule has 3 rings (SSSR count). The fraction of sp³-hybridized carbons (Fsp3) is 0.476. The van der Waals surface area contributed by atoms with Gasteiger partial charge in [-0.25, -0.2) is 0 Å². The van der Waals surface area contributed by atoms with E-state index >= 15 is 0 Å². The lowest BCUT2D eigenvalue weighted by molar-refractivity contribution is 0.257. The van der Waals surface area contributed by atoms with Gasteiger partial charge in [-0.15, -0.1) is 10.2 Å². The first-order valence-electron chi connectivity index (χ1n) is 9.47. The first kappa shape index (κ1) is 19.0. The number of nitrogens with zero attached hydrogens (tertiary/aromatic N) is 4. The molecule has 6 nitrogen and oxygen atoms in total. The molecule has 1 aliphatic rings. The van der Waals surface area contributed by atoms with Crippen LogP contribution in [0.3, 0.4) is 0 Å². The molecule has 1 aromatic carbocycles. The molecule has 0 bridgehead atoms. The number of hydrogen-bond donors (Lipinski definition) is 0. The maximum Gasteiger partial charge on any atom is 0.174 e. The zero-order valence-electron chi connectivity index (χ0n) is 16.2. The van der Waals surface area contributed by atoms with Crippen molar-refractivity contribution in [2.45, 2.75) is 46.1 Å². The van der Waals surface area contributed by atoms with Gasteiger partial charge < -0.3 is 14.0 Å². The monoisotopic (exact) mass is 366 g/mol. The summed E-state index contributed by atoms with van der Waals surface area (Å²) >= 11 is 0. The van der Waals surface area contributed by atoms with E-state index in [0.717, 1.165) is 37.2 Å². The quantitative estimate of drug-likeness (QED) is 0.719. The number of ether oxygens (including phenoxy) is 2. The molecule has 2 aromatic rings. The third kappa shape index (κ3) is 4.48. The van der Waals surface area contributed by atoms with E-state index in [2.05, 4.69) is 34.7 Å². The van der Waals surface area contributed by atoms with Crippen molar-refractivity contribution in [2.75, 3.05) is 13.7 Å². The third-order valence-corrected chi connectivity index (χ3v) is 4.54. The Bertz CT molecular complexity index is 862. The van der Waals surface area contributed by atoms with Crippen LogP contribution in [0.1, 0.15) is 50.3 Å². The number of rotatable bonds is 6. The molecule has 1 aliphatic heterocycles. The summed E-state index contributed by atoms with van der Waals surface area (Å²) in [6.45, 7) is 5.69. The number of fused-ring (bicyclic) bond motifs is 1. The van der Waals surface area contributed by atoms with Crippen LogP contribution < -0.4 is 9.47 Å². The maximum absolute atomic E-state index is 9.70. The molecule has 0 saturated heterocycles. The Morgan fingerprint density at radius 1 is 1.26 bits per heavy atom. The van der Waals surface area contributed by atoms with Gasteiger partial charge in [0, 0.05) is 13.0 Å². The SMILES string of the molecule is COc1cc(/C=C(\C#N)c2nnc3n2CCCCC3)ccc1OCC(C)C. The van der Waals surface area contributed by atoms with Crippen LogP contribution in [0.5, 0.6) is 11.5 Å². The smallest absolute Gasteiger partial charge is 0.174 e. The Kier molecular flexibility index (Phi) is 6.12. The summed E-state index contributed by atoms with van der Waals surface area (Å²) in [6, 6.07) is 7.97. The van der Waals surface area contributed by atoms with Gasteiger partial charge in [-0.3, -0.25) is 0 Å². The van der Waals surface area contributed by atoms with Gasteiger partial charge in [0.15, 0.2) is 17.3 Å². The largest absolute Gasteiger partial charge is 0.493 e. The molecule has 1 aromatic heterocycles. The molecule has 0 aliphatic carbocycles. The molecule has 2 heterocycles. The summed E-state index contributed by atoms with van der Waals surface area (Å²) in [5, 5.41) is 18.3. The van der Waals surface area contributed by atoms with Crippen LogP contribution in [0, 0.1) is 17.2 Å². The standard InChI is InChI=1S/C21H26N4O2/c1-15(2)14-27-18-9-8-16(12-19(18)26-3)11-17(13-22)21-24-23-20-7-5-4-6-10-25(20)21/h8-9,11-12,15H,4-7,10,14H2,1-3H3/b17-11+. The lowest BCUT2D eigenvalue weighted by atomic mass is 10.1. The van der Waals surface area contributed by atoms with Crippen LogP contribution in [-0.4, -0.2) is 28.5 Å². The normalized spacial score (nSPS) is 14.4. The summed E-state index contributed by atoms with van der Waals surface area (Å²) in [4.78, 5) is 0. The van der Waals surface area contributed by atoms with Crippen LogP contribution in [0.2, 0.25) is 0 Å². The number of aryl methyl sites for hydroxylation is 1. The van der Waals surface area contributed by atoms with Crippen LogP contribution >= 0.6 is 0 Å². The average Bonchev–Trinajstić information content (AvgIpc) is 2.92. The van der Waals surface area contributed by atoms with Crippen LogP contribution in [0.25, 0.3) is 11.6 Å². The molecule has 142 valence electrons. The molecule has 0 fully saturated rings. The Balaban J connectivity index is 1.90. The fourth-order valence-corrected chi connectivity index (χ4v) is 3.15. The van der Waals surface area contributed by atoms with Gasteiger partial charge in [-0.2, -0.15) is 5.26 Å². The van der Waals surface area contributed by atoms with Crippen molar-refractivity contribution in [1.29, 1.82) is 5.26 Å². The summed E-state index contributed by atoms with van der Waals surface area (Å²) in [5.74, 6) is 3.41. The minimum absolute atomic E-state index is 0.433. The lowest BCUT2D eigenvalue weighted by Gasteiger charge is -2.13. The summed E-state index contributed by atoms with van der Waals surface area (Å²) in [5.41, 5.74) is 1.37. The van der Waals surface area contributed by atoms with E-state index in [1.807, 2.05) is 24.3 Å². The molecule has 0 spiro atoms. The highest BCUT2D eigenvalue weighted by Crippen LogP contribution is 2.30. The molecule has 0 N–H and O–H groups in total. The van der Waals surface area contributed by atoms with Crippen molar-refractivity contribution in [3.8, 4) is 17.6 Å². The highest BCUT2D eigenvalue weighted by molar-refractivity contribution is 5.87. The van der Waals surface area contributed by atoms with Crippen molar-refractivity contribution in [1.82, 2.24) is 14.8 Å². The van der Waals surface area contributed by atoms with Gasteiger partial charge in [0.25, 0.3) is 0 Å². The average molecular weight is 366 g/mol. The maximum atomic E-state index is 9.70. The molecule has 0 radical (unpaired) electrons. The zero-order chi connectivity index (χ0) is 19.2. The zero-order valence-corrected chi connectivity index (χ0v) is 16.2. The molecular formula is C21H26N4O2. The fourth-order valence-electron chi connectivity index (χ4n) is 3.15. The van der Waals surface area contributed by atoms with Crippen LogP contribution in [0.15, 0.2) is 18.2 Å². The van der Waals surface area contributed by atoms with Crippen LogP contribution in [-0.2, 0) is 13.0 Å². The summed E-state index contributed by atoms with van der Waals surface area (Å²) in [7, 11) is 1.62. The van der Waals surface area contributed by atoms with Gasteiger partial charge in [0.2, 0.25) is 0 Å². The van der Waals surface area contributed by atoms with E-state index in [1.54, 1.807) is 7.11 Å². The Morgan fingerprint density at radius 3 is 2.85 bits per heavy atom. The Morgan fingerprint density at radius 2 is 2.11 bits per heavy atom. The van der Waals surface area contributed by atoms with E-state index in [1.165, 1.54) is 6.42 Å². The first-order valence-corrected chi connectivity index (χ1v) is 9.47. The number of nitriles is 1. The first-order chi connectivity index (χ1) is 13.1. The van der Waals surface area contributed by atoms with Crippen molar-refractivity contribution >= 4 is 11.6 Å². The van der Waals surface area contributed by atoms with Crippen molar-refractivity contribution in [3.63, 3.8) is 0 Å². The topological polar surface area (TPSA) is 73.0 Å². The van der Waals surface area contributed by atoms with Gasteiger partial charge in [-0.1, -0.05) is 26.3 Å². The molecule has 0 atom stereocenters. The minimum Gasteiger partial charge on any atom is -0.493 e. The van der Waals surface area contributed by atoms with E-state index in [0.29, 0.717) is 35.4 Å². The number of benzene rings is 1. The predicted octanol–water partition coefficient (Wildman–Crippen LogP) is 4.11. The Hall–Kier alpha value is -2.81. The van der Waals surface area contributed by atoms with Gasteiger partial charge in [-0.05, 0) is 42.5 Å². The molecule has 0 amide bonds. The van der Waals surface area contributed by atoms with E-state index in [9.17, 15) is 5.26 Å². The minimum atomic E-state index is 0.433.